The first-order chi connectivity index (χ1) is 16.6. The van der Waals surface area contributed by atoms with Crippen molar-refractivity contribution in [3.8, 4) is 11.6 Å². The summed E-state index contributed by atoms with van der Waals surface area (Å²) < 4.78 is 39.1. The van der Waals surface area contributed by atoms with Crippen LogP contribution in [0.2, 0.25) is 0 Å². The number of hydrogen-bond donors (Lipinski definition) is 2. The summed E-state index contributed by atoms with van der Waals surface area (Å²) in [5.41, 5.74) is 9.95. The average Bonchev–Trinajstić information content (AvgIpc) is 2.81. The van der Waals surface area contributed by atoms with Crippen LogP contribution in [0, 0.1) is 20.8 Å². The number of hydrogen-bond acceptors (Lipinski definition) is 8. The molecule has 3 heterocycles. The number of carbonyl (C=O) groups is 1. The highest BCUT2D eigenvalue weighted by molar-refractivity contribution is 7.90. The van der Waals surface area contributed by atoms with Gasteiger partial charge in [-0.2, -0.15) is 8.42 Å². The largest absolute Gasteiger partial charge is 0.438 e. The highest BCUT2D eigenvalue weighted by Gasteiger charge is 2.25. The van der Waals surface area contributed by atoms with Crippen LogP contribution in [-0.2, 0) is 14.8 Å². The Morgan fingerprint density at radius 2 is 1.83 bits per heavy atom. The van der Waals surface area contributed by atoms with Crippen molar-refractivity contribution in [2.24, 2.45) is 0 Å². The van der Waals surface area contributed by atoms with Crippen molar-refractivity contribution in [3.05, 3.63) is 76.5 Å². The third kappa shape index (κ3) is 5.50. The first kappa shape index (κ1) is 24.4. The third-order valence-corrected chi connectivity index (χ3v) is 6.68. The Kier molecular flexibility index (Phi) is 6.86. The van der Waals surface area contributed by atoms with Crippen LogP contribution in [0.5, 0.6) is 11.6 Å². The first-order valence-corrected chi connectivity index (χ1v) is 12.5. The Balaban J connectivity index is 1.74. The van der Waals surface area contributed by atoms with Crippen LogP contribution in [0.3, 0.4) is 0 Å². The summed E-state index contributed by atoms with van der Waals surface area (Å²) in [5, 5.41) is -0.365. The lowest BCUT2D eigenvalue weighted by molar-refractivity contribution is 0.0978. The number of nitrogens with zero attached hydrogens (tertiary/aromatic N) is 2. The maximum Gasteiger partial charge on any atom is 0.281 e. The first-order valence-electron chi connectivity index (χ1n) is 11.0. The number of pyridine rings is 2. The smallest absolute Gasteiger partial charge is 0.281 e. The molecule has 182 valence electrons. The number of aryl methyl sites for hydroxylation is 3. The van der Waals surface area contributed by atoms with Crippen molar-refractivity contribution < 1.29 is 22.7 Å². The summed E-state index contributed by atoms with van der Waals surface area (Å²) in [5.74, 6) is -0.328. The van der Waals surface area contributed by atoms with Gasteiger partial charge in [0.15, 0.2) is 5.03 Å². The van der Waals surface area contributed by atoms with Gasteiger partial charge in [0.1, 0.15) is 17.1 Å². The molecule has 0 bridgehead atoms. The van der Waals surface area contributed by atoms with Gasteiger partial charge in [-0.25, -0.2) is 14.7 Å². The molecule has 0 saturated carbocycles. The van der Waals surface area contributed by atoms with Gasteiger partial charge < -0.3 is 15.2 Å². The summed E-state index contributed by atoms with van der Waals surface area (Å²) in [6, 6.07) is 11.2. The minimum absolute atomic E-state index is 0.00169. The molecule has 0 fully saturated rings. The minimum Gasteiger partial charge on any atom is -0.438 e. The lowest BCUT2D eigenvalue weighted by Gasteiger charge is -2.17. The molecule has 0 atom stereocenters. The monoisotopic (exact) mass is 494 g/mol. The van der Waals surface area contributed by atoms with Crippen molar-refractivity contribution in [2.45, 2.75) is 32.2 Å². The molecule has 0 radical (unpaired) electrons. The highest BCUT2D eigenvalue weighted by Crippen LogP contribution is 2.32. The van der Waals surface area contributed by atoms with Gasteiger partial charge in [0.05, 0.1) is 18.9 Å². The summed E-state index contributed by atoms with van der Waals surface area (Å²) >= 11 is 0. The zero-order chi connectivity index (χ0) is 25.2. The van der Waals surface area contributed by atoms with Gasteiger partial charge >= 0.3 is 0 Å². The van der Waals surface area contributed by atoms with Gasteiger partial charge in [0.25, 0.3) is 15.9 Å². The predicted molar refractivity (Wildman–Crippen MR) is 132 cm³/mol. The zero-order valence-corrected chi connectivity index (χ0v) is 20.5. The topological polar surface area (TPSA) is 134 Å². The number of carbonyl (C=O) groups excluding carboxylic acids is 1. The molecule has 0 saturated heterocycles. The molecule has 3 N–H and O–H groups in total. The molecule has 1 aliphatic heterocycles. The van der Waals surface area contributed by atoms with Crippen LogP contribution in [-0.4, -0.2) is 37.5 Å². The second-order valence-electron chi connectivity index (χ2n) is 8.27. The molecule has 1 aliphatic rings. The molecule has 0 unspecified atom stereocenters. The van der Waals surface area contributed by atoms with E-state index in [0.29, 0.717) is 31.1 Å². The number of nitrogens with one attached hydrogen (secondary N) is 1. The molecule has 10 heteroatoms. The fourth-order valence-corrected chi connectivity index (χ4v) is 4.81. The van der Waals surface area contributed by atoms with Crippen molar-refractivity contribution in [2.75, 3.05) is 18.9 Å². The molecular formula is C25H26N4O5S. The van der Waals surface area contributed by atoms with Gasteiger partial charge in [-0.1, -0.05) is 29.8 Å². The minimum atomic E-state index is -4.27. The van der Waals surface area contributed by atoms with Gasteiger partial charge in [0, 0.05) is 0 Å². The number of anilines is 1. The fraction of sp³-hybridized carbons (Fsp3) is 0.240. The molecule has 2 aromatic heterocycles. The van der Waals surface area contributed by atoms with E-state index in [-0.39, 0.29) is 22.3 Å². The molecule has 35 heavy (non-hydrogen) atoms. The number of sulfonamides is 1. The van der Waals surface area contributed by atoms with Crippen LogP contribution in [0.1, 0.15) is 39.2 Å². The number of rotatable bonds is 6. The lowest BCUT2D eigenvalue weighted by atomic mass is 10.1. The van der Waals surface area contributed by atoms with Crippen LogP contribution in [0.25, 0.3) is 5.57 Å². The molecule has 0 aliphatic carbocycles. The van der Waals surface area contributed by atoms with E-state index >= 15 is 0 Å². The predicted octanol–water partition coefficient (Wildman–Crippen LogP) is 3.70. The Morgan fingerprint density at radius 3 is 2.49 bits per heavy atom. The van der Waals surface area contributed by atoms with Gasteiger partial charge in [-0.15, -0.1) is 0 Å². The van der Waals surface area contributed by atoms with Crippen LogP contribution in [0.15, 0.2) is 53.6 Å². The quantitative estimate of drug-likeness (QED) is 0.530. The van der Waals surface area contributed by atoms with Crippen LogP contribution >= 0.6 is 0 Å². The molecule has 9 nitrogen and oxygen atoms in total. The number of benzene rings is 1. The Bertz CT molecular complexity index is 1410. The number of nitrogen functional groups attached to an aromatic ring is 1. The average molecular weight is 495 g/mol. The zero-order valence-electron chi connectivity index (χ0n) is 19.7. The molecule has 4 rings (SSSR count). The Hall–Kier alpha value is -3.76. The molecular weight excluding hydrogens is 468 g/mol. The molecule has 1 amide bonds. The van der Waals surface area contributed by atoms with Crippen molar-refractivity contribution in [3.63, 3.8) is 0 Å². The Morgan fingerprint density at radius 1 is 1.09 bits per heavy atom. The van der Waals surface area contributed by atoms with Gasteiger partial charge in [0.2, 0.25) is 5.88 Å². The number of amides is 1. The molecule has 3 aromatic rings. The summed E-state index contributed by atoms with van der Waals surface area (Å²) in [4.78, 5) is 21.5. The summed E-state index contributed by atoms with van der Waals surface area (Å²) in [7, 11) is -4.27. The van der Waals surface area contributed by atoms with E-state index in [1.165, 1.54) is 24.3 Å². The maximum atomic E-state index is 13.1. The lowest BCUT2D eigenvalue weighted by Crippen LogP contribution is -2.31. The Labute approximate surface area is 204 Å². The van der Waals surface area contributed by atoms with E-state index in [0.717, 1.165) is 22.3 Å². The maximum absolute atomic E-state index is 13.1. The van der Waals surface area contributed by atoms with Crippen LogP contribution < -0.4 is 15.2 Å². The summed E-state index contributed by atoms with van der Waals surface area (Å²) in [6.07, 6.45) is 2.59. The summed E-state index contributed by atoms with van der Waals surface area (Å²) in [6.45, 7) is 6.81. The normalized spacial score (nSPS) is 13.7. The number of aromatic nitrogens is 2. The van der Waals surface area contributed by atoms with Crippen LogP contribution in [0.4, 0.5) is 5.82 Å². The number of ether oxygens (including phenoxy) is 2. The van der Waals surface area contributed by atoms with Gasteiger partial charge in [-0.05, 0) is 68.2 Å². The van der Waals surface area contributed by atoms with Gasteiger partial charge in [-0.3, -0.25) is 4.79 Å². The van der Waals surface area contributed by atoms with Crippen molar-refractivity contribution in [1.29, 1.82) is 0 Å². The molecule has 1 aromatic carbocycles. The van der Waals surface area contributed by atoms with Crippen molar-refractivity contribution in [1.82, 2.24) is 14.7 Å². The van der Waals surface area contributed by atoms with E-state index in [4.69, 9.17) is 15.2 Å². The van der Waals surface area contributed by atoms with E-state index < -0.39 is 15.9 Å². The van der Waals surface area contributed by atoms with Crippen molar-refractivity contribution >= 4 is 27.3 Å². The van der Waals surface area contributed by atoms with E-state index in [1.807, 2.05) is 43.7 Å². The third-order valence-electron chi connectivity index (χ3n) is 5.45. The van der Waals surface area contributed by atoms with E-state index in [2.05, 4.69) is 9.97 Å². The second kappa shape index (κ2) is 9.85. The SMILES string of the molecule is Cc1cc(C)c(Oc2nc(C3=CCOCC3)ccc2C(=O)NS(=O)(=O)c2cccc(N)n2)c(C)c1. The fourth-order valence-electron chi connectivity index (χ4n) is 3.86. The molecule has 0 spiro atoms. The highest BCUT2D eigenvalue weighted by atomic mass is 32.2. The van der Waals surface area contributed by atoms with E-state index in [1.54, 1.807) is 6.07 Å². The standard InChI is InChI=1S/C25H26N4O5S/c1-15-13-16(2)23(17(3)14-15)34-25-19(7-8-20(27-25)18-9-11-33-12-10-18)24(30)29-35(31,32)22-6-4-5-21(26)28-22/h4-9,13-14H,10-12H2,1-3H3,(H2,26,28)(H,29,30). The van der Waals surface area contributed by atoms with E-state index in [9.17, 15) is 13.2 Å². The second-order valence-corrected chi connectivity index (χ2v) is 9.90. The number of nitrogens with two attached hydrogens (primary N) is 1.